The molecule has 0 amide bonds. The minimum absolute atomic E-state index is 0.0212. The second-order valence-corrected chi connectivity index (χ2v) is 9.53. The van der Waals surface area contributed by atoms with Gasteiger partial charge in [0, 0.05) is 55.6 Å². The molecule has 2 aromatic heterocycles. The molecule has 1 saturated heterocycles. The van der Waals surface area contributed by atoms with Gasteiger partial charge in [-0.1, -0.05) is 49.4 Å². The molecule has 1 atom stereocenters. The molecule has 176 valence electrons. The molecular weight excluding hydrogens is 422 g/mol. The summed E-state index contributed by atoms with van der Waals surface area (Å²) in [5, 5.41) is 3.44. The normalized spacial score (nSPS) is 15.0. The van der Waals surface area contributed by atoms with E-state index in [0.717, 1.165) is 71.0 Å². The van der Waals surface area contributed by atoms with Crippen LogP contribution in [0.5, 0.6) is 0 Å². The number of H-pyrrole nitrogens is 1. The zero-order chi connectivity index (χ0) is 23.8. The van der Waals surface area contributed by atoms with E-state index in [0.29, 0.717) is 0 Å². The fourth-order valence-electron chi connectivity index (χ4n) is 5.13. The third-order valence-corrected chi connectivity index (χ3v) is 7.06. The van der Waals surface area contributed by atoms with Gasteiger partial charge in [0.2, 0.25) is 0 Å². The van der Waals surface area contributed by atoms with Crippen LogP contribution >= 0.6 is 0 Å². The Hall–Kier alpha value is -3.54. The van der Waals surface area contributed by atoms with E-state index in [-0.39, 0.29) is 11.5 Å². The Kier molecular flexibility index (Phi) is 5.90. The van der Waals surface area contributed by atoms with Gasteiger partial charge >= 0.3 is 0 Å². The lowest BCUT2D eigenvalue weighted by Crippen LogP contribution is -2.30. The fourth-order valence-corrected chi connectivity index (χ4v) is 5.13. The first-order valence-corrected chi connectivity index (χ1v) is 12.2. The highest BCUT2D eigenvalue weighted by Gasteiger charge is 2.26. The molecule has 1 fully saturated rings. The summed E-state index contributed by atoms with van der Waals surface area (Å²) in [5.74, 6) is -0.0602. The standard InChI is InChI=1S/C28H33N5O/c1-19(21-13-15-23(16-14-21)31(3)4)24-20(2)29-27-26(32-17-9-6-10-18-32)25(30-33(27)28(24)34)22-11-7-5-8-12-22/h5,7-8,11-16,19,30H,6,9-10,17-18H2,1-4H3. The molecule has 6 heteroatoms. The summed E-state index contributed by atoms with van der Waals surface area (Å²) in [7, 11) is 4.06. The van der Waals surface area contributed by atoms with Gasteiger partial charge in [0.15, 0.2) is 5.65 Å². The van der Waals surface area contributed by atoms with Crippen LogP contribution < -0.4 is 15.4 Å². The second-order valence-electron chi connectivity index (χ2n) is 9.53. The minimum Gasteiger partial charge on any atom is -0.378 e. The van der Waals surface area contributed by atoms with Crippen LogP contribution in [0.3, 0.4) is 0 Å². The average Bonchev–Trinajstić information content (AvgIpc) is 3.24. The summed E-state index contributed by atoms with van der Waals surface area (Å²) in [4.78, 5) is 23.4. The van der Waals surface area contributed by atoms with E-state index in [1.54, 1.807) is 4.52 Å². The van der Waals surface area contributed by atoms with E-state index in [1.807, 2.05) is 39.2 Å². The van der Waals surface area contributed by atoms with Gasteiger partial charge in [0.05, 0.1) is 5.69 Å². The minimum atomic E-state index is -0.0602. The van der Waals surface area contributed by atoms with Gasteiger partial charge in [0.25, 0.3) is 5.56 Å². The molecule has 6 nitrogen and oxygen atoms in total. The zero-order valence-corrected chi connectivity index (χ0v) is 20.5. The third-order valence-electron chi connectivity index (χ3n) is 7.06. The maximum absolute atomic E-state index is 13.9. The second kappa shape index (κ2) is 9.01. The van der Waals surface area contributed by atoms with E-state index in [1.165, 1.54) is 6.42 Å². The van der Waals surface area contributed by atoms with Crippen molar-refractivity contribution in [2.24, 2.45) is 0 Å². The quantitative estimate of drug-likeness (QED) is 0.449. The van der Waals surface area contributed by atoms with Crippen molar-refractivity contribution in [1.82, 2.24) is 14.6 Å². The molecule has 0 bridgehead atoms. The van der Waals surface area contributed by atoms with Crippen LogP contribution in [0, 0.1) is 6.92 Å². The third kappa shape index (κ3) is 3.87. The van der Waals surface area contributed by atoms with Gasteiger partial charge in [-0.3, -0.25) is 9.89 Å². The average molecular weight is 456 g/mol. The van der Waals surface area contributed by atoms with Crippen molar-refractivity contribution in [3.8, 4) is 11.3 Å². The van der Waals surface area contributed by atoms with Crippen LogP contribution in [0.2, 0.25) is 0 Å². The molecule has 0 spiro atoms. The van der Waals surface area contributed by atoms with Crippen molar-refractivity contribution in [3.63, 3.8) is 0 Å². The fraction of sp³-hybridized carbons (Fsp3) is 0.357. The summed E-state index contributed by atoms with van der Waals surface area (Å²) >= 11 is 0. The highest BCUT2D eigenvalue weighted by molar-refractivity contribution is 5.86. The predicted molar refractivity (Wildman–Crippen MR) is 140 cm³/mol. The van der Waals surface area contributed by atoms with Gasteiger partial charge in [-0.2, -0.15) is 4.52 Å². The van der Waals surface area contributed by atoms with Crippen LogP contribution in [-0.2, 0) is 0 Å². The molecule has 0 aliphatic carbocycles. The van der Waals surface area contributed by atoms with Gasteiger partial charge in [-0.05, 0) is 43.9 Å². The first-order valence-electron chi connectivity index (χ1n) is 12.2. The number of anilines is 2. The number of aryl methyl sites for hydroxylation is 1. The number of piperidine rings is 1. The Morgan fingerprint density at radius 3 is 2.29 bits per heavy atom. The van der Waals surface area contributed by atoms with E-state index >= 15 is 0 Å². The maximum Gasteiger partial charge on any atom is 0.276 e. The van der Waals surface area contributed by atoms with E-state index in [4.69, 9.17) is 4.98 Å². The number of hydrogen-bond acceptors (Lipinski definition) is 4. The Balaban J connectivity index is 1.67. The molecule has 1 unspecified atom stereocenters. The molecule has 4 aromatic rings. The molecule has 5 rings (SSSR count). The zero-order valence-electron chi connectivity index (χ0n) is 20.5. The summed E-state index contributed by atoms with van der Waals surface area (Å²) in [5.41, 5.74) is 7.56. The van der Waals surface area contributed by atoms with Crippen LogP contribution in [0.1, 0.15) is 48.9 Å². The molecule has 3 heterocycles. The van der Waals surface area contributed by atoms with Crippen molar-refractivity contribution in [2.45, 2.75) is 39.0 Å². The predicted octanol–water partition coefficient (Wildman–Crippen LogP) is 5.21. The van der Waals surface area contributed by atoms with Crippen LogP contribution in [0.4, 0.5) is 11.4 Å². The smallest absolute Gasteiger partial charge is 0.276 e. The Morgan fingerprint density at radius 1 is 0.971 bits per heavy atom. The molecule has 1 N–H and O–H groups in total. The van der Waals surface area contributed by atoms with E-state index in [2.05, 4.69) is 58.2 Å². The number of nitrogens with zero attached hydrogens (tertiary/aromatic N) is 4. The summed E-state index contributed by atoms with van der Waals surface area (Å²) < 4.78 is 1.67. The molecule has 2 aromatic carbocycles. The van der Waals surface area contributed by atoms with Crippen molar-refractivity contribution < 1.29 is 0 Å². The number of hydrogen-bond donors (Lipinski definition) is 1. The van der Waals surface area contributed by atoms with Crippen LogP contribution in [-0.4, -0.2) is 41.8 Å². The molecule has 0 saturated carbocycles. The molecule has 1 aliphatic heterocycles. The highest BCUT2D eigenvalue weighted by atomic mass is 16.1. The first kappa shape index (κ1) is 22.3. The number of aromatic amines is 1. The largest absolute Gasteiger partial charge is 0.378 e. The Labute approximate surface area is 200 Å². The summed E-state index contributed by atoms with van der Waals surface area (Å²) in [6.07, 6.45) is 3.57. The molecule has 34 heavy (non-hydrogen) atoms. The van der Waals surface area contributed by atoms with E-state index in [9.17, 15) is 4.79 Å². The van der Waals surface area contributed by atoms with Crippen molar-refractivity contribution in [2.75, 3.05) is 37.0 Å². The number of aromatic nitrogens is 3. The Bertz CT molecular complexity index is 1350. The number of rotatable bonds is 5. The van der Waals surface area contributed by atoms with Gasteiger partial charge in [-0.15, -0.1) is 0 Å². The monoisotopic (exact) mass is 455 g/mol. The topological polar surface area (TPSA) is 56.6 Å². The number of nitrogens with one attached hydrogen (secondary N) is 1. The molecular formula is C28H33N5O. The maximum atomic E-state index is 13.9. The van der Waals surface area contributed by atoms with Crippen LogP contribution in [0.25, 0.3) is 16.9 Å². The van der Waals surface area contributed by atoms with Crippen molar-refractivity contribution >= 4 is 17.0 Å². The lowest BCUT2D eigenvalue weighted by atomic mass is 9.92. The molecule has 0 radical (unpaired) electrons. The van der Waals surface area contributed by atoms with Gasteiger partial charge in [0.1, 0.15) is 5.69 Å². The van der Waals surface area contributed by atoms with E-state index < -0.39 is 0 Å². The molecule has 1 aliphatic rings. The van der Waals surface area contributed by atoms with Gasteiger partial charge in [-0.25, -0.2) is 4.98 Å². The van der Waals surface area contributed by atoms with Crippen molar-refractivity contribution in [1.29, 1.82) is 0 Å². The first-order chi connectivity index (χ1) is 16.5. The summed E-state index contributed by atoms with van der Waals surface area (Å²) in [6, 6.07) is 18.7. The lowest BCUT2D eigenvalue weighted by Gasteiger charge is -2.28. The summed E-state index contributed by atoms with van der Waals surface area (Å²) in [6.45, 7) is 6.03. The Morgan fingerprint density at radius 2 is 1.65 bits per heavy atom. The number of benzene rings is 2. The van der Waals surface area contributed by atoms with Crippen LogP contribution in [0.15, 0.2) is 59.4 Å². The number of fused-ring (bicyclic) bond motifs is 1. The van der Waals surface area contributed by atoms with Gasteiger partial charge < -0.3 is 9.80 Å². The SMILES string of the molecule is Cc1nc2c(N3CCCCC3)c(-c3ccccc3)[nH]n2c(=O)c1C(C)c1ccc(N(C)C)cc1. The highest BCUT2D eigenvalue weighted by Crippen LogP contribution is 2.35. The van der Waals surface area contributed by atoms with Crippen molar-refractivity contribution in [3.05, 3.63) is 81.8 Å². The lowest BCUT2D eigenvalue weighted by molar-refractivity contribution is 0.579.